The Morgan fingerprint density at radius 2 is 1.97 bits per heavy atom. The second-order valence-electron chi connectivity index (χ2n) is 7.86. The Hall–Kier alpha value is -3.39. The molecule has 0 saturated heterocycles. The van der Waals surface area contributed by atoms with Gasteiger partial charge in [-0.2, -0.15) is 10.1 Å². The van der Waals surface area contributed by atoms with E-state index in [-0.39, 0.29) is 11.4 Å². The zero-order chi connectivity index (χ0) is 20.9. The van der Waals surface area contributed by atoms with Crippen LogP contribution in [0.4, 0.5) is 11.6 Å². The number of H-pyrrole nitrogens is 1. The average Bonchev–Trinajstić information content (AvgIpc) is 3.13. The van der Waals surface area contributed by atoms with Gasteiger partial charge in [0, 0.05) is 29.1 Å². The first kappa shape index (κ1) is 18.6. The molecule has 0 bridgehead atoms. The summed E-state index contributed by atoms with van der Waals surface area (Å²) < 4.78 is 1.65. The van der Waals surface area contributed by atoms with E-state index < -0.39 is 0 Å². The molecular formula is C21H20ClN7O. The number of benzene rings is 2. The van der Waals surface area contributed by atoms with Crippen molar-refractivity contribution in [1.82, 2.24) is 30.3 Å². The molecule has 1 fully saturated rings. The van der Waals surface area contributed by atoms with Crippen LogP contribution in [0.2, 0.25) is 5.02 Å². The summed E-state index contributed by atoms with van der Waals surface area (Å²) in [6.07, 6.45) is 3.75. The summed E-state index contributed by atoms with van der Waals surface area (Å²) in [5.74, 6) is 1.06. The molecule has 8 nitrogen and oxygen atoms in total. The fourth-order valence-corrected chi connectivity index (χ4v) is 3.51. The van der Waals surface area contributed by atoms with Crippen molar-refractivity contribution in [2.75, 3.05) is 5.32 Å². The minimum absolute atomic E-state index is 0.0420. The number of fused-ring (bicyclic) bond motifs is 1. The third-order valence-corrected chi connectivity index (χ3v) is 5.80. The van der Waals surface area contributed by atoms with E-state index in [4.69, 9.17) is 11.6 Å². The molecule has 2 aromatic carbocycles. The van der Waals surface area contributed by atoms with Crippen molar-refractivity contribution < 1.29 is 4.79 Å². The molecule has 30 heavy (non-hydrogen) atoms. The Kier molecular flexibility index (Phi) is 4.25. The number of carbonyl (C=O) groups excluding carboxylic acids is 1. The minimum Gasteiger partial charge on any atom is -0.347 e. The fraction of sp³-hybridized carbons (Fsp3) is 0.238. The first-order valence-electron chi connectivity index (χ1n) is 9.64. The lowest BCUT2D eigenvalue weighted by molar-refractivity contribution is 0.0935. The number of nitrogens with one attached hydrogen (secondary N) is 3. The number of hydrogen-bond donors (Lipinski definition) is 3. The van der Waals surface area contributed by atoms with Crippen LogP contribution >= 0.6 is 11.6 Å². The zero-order valence-corrected chi connectivity index (χ0v) is 17.3. The van der Waals surface area contributed by atoms with Gasteiger partial charge in [0.1, 0.15) is 0 Å². The van der Waals surface area contributed by atoms with Gasteiger partial charge in [0.2, 0.25) is 5.95 Å². The molecule has 1 aliphatic carbocycles. The lowest BCUT2D eigenvalue weighted by Gasteiger charge is -2.11. The van der Waals surface area contributed by atoms with E-state index >= 15 is 0 Å². The highest BCUT2D eigenvalue weighted by Crippen LogP contribution is 2.35. The molecule has 0 radical (unpaired) electrons. The lowest BCUT2D eigenvalue weighted by atomic mass is 10.1. The summed E-state index contributed by atoms with van der Waals surface area (Å²) in [5.41, 5.74) is 2.99. The number of amides is 1. The normalized spacial score (nSPS) is 14.6. The van der Waals surface area contributed by atoms with Gasteiger partial charge in [-0.25, -0.2) is 4.68 Å². The summed E-state index contributed by atoms with van der Waals surface area (Å²) >= 11 is 6.49. The van der Waals surface area contributed by atoms with Crippen LogP contribution in [-0.2, 0) is 7.05 Å². The largest absolute Gasteiger partial charge is 0.347 e. The molecule has 0 aliphatic heterocycles. The number of rotatable bonds is 5. The Balaban J connectivity index is 1.37. The maximum atomic E-state index is 12.3. The Labute approximate surface area is 177 Å². The van der Waals surface area contributed by atoms with Crippen LogP contribution < -0.4 is 10.6 Å². The Bertz CT molecular complexity index is 1250. The highest BCUT2D eigenvalue weighted by molar-refractivity contribution is 6.38. The van der Waals surface area contributed by atoms with Gasteiger partial charge in [0.15, 0.2) is 5.82 Å². The van der Waals surface area contributed by atoms with E-state index in [2.05, 4.69) is 37.8 Å². The molecule has 152 valence electrons. The Morgan fingerprint density at radius 3 is 2.70 bits per heavy atom. The first-order valence-corrected chi connectivity index (χ1v) is 10.0. The van der Waals surface area contributed by atoms with E-state index in [1.54, 1.807) is 30.1 Å². The second-order valence-corrected chi connectivity index (χ2v) is 8.24. The third kappa shape index (κ3) is 3.39. The van der Waals surface area contributed by atoms with Crippen molar-refractivity contribution in [2.24, 2.45) is 7.05 Å². The van der Waals surface area contributed by atoms with Crippen molar-refractivity contribution in [2.45, 2.75) is 25.3 Å². The average molecular weight is 422 g/mol. The molecule has 2 heterocycles. The molecule has 1 amide bonds. The van der Waals surface area contributed by atoms with Gasteiger partial charge in [-0.1, -0.05) is 23.7 Å². The van der Waals surface area contributed by atoms with Crippen LogP contribution in [0.1, 0.15) is 30.1 Å². The van der Waals surface area contributed by atoms with Crippen LogP contribution in [0.5, 0.6) is 0 Å². The van der Waals surface area contributed by atoms with Crippen molar-refractivity contribution in [3.05, 3.63) is 53.2 Å². The van der Waals surface area contributed by atoms with Gasteiger partial charge in [0.25, 0.3) is 5.91 Å². The van der Waals surface area contributed by atoms with Crippen molar-refractivity contribution in [1.29, 1.82) is 0 Å². The minimum atomic E-state index is -0.0535. The van der Waals surface area contributed by atoms with Crippen LogP contribution in [0.25, 0.3) is 22.3 Å². The summed E-state index contributed by atoms with van der Waals surface area (Å²) in [7, 11) is 1.81. The SMILES string of the molecule is Cn1nc(-c2ccc(C(=O)NC3(C)CC3)cc2)nc1Nc1ccc2[nH]ncc2c1Cl. The zero-order valence-electron chi connectivity index (χ0n) is 16.5. The quantitative estimate of drug-likeness (QED) is 0.451. The maximum absolute atomic E-state index is 12.3. The fourth-order valence-electron chi connectivity index (χ4n) is 3.25. The molecule has 5 rings (SSSR count). The molecule has 1 saturated carbocycles. The number of aryl methyl sites for hydroxylation is 1. The van der Waals surface area contributed by atoms with Gasteiger partial charge < -0.3 is 10.6 Å². The number of anilines is 2. The number of carbonyl (C=O) groups is 1. The topological polar surface area (TPSA) is 101 Å². The highest BCUT2D eigenvalue weighted by Gasteiger charge is 2.38. The summed E-state index contributed by atoms with van der Waals surface area (Å²) in [4.78, 5) is 16.9. The number of hydrogen-bond acceptors (Lipinski definition) is 5. The van der Waals surface area contributed by atoms with Crippen LogP contribution in [-0.4, -0.2) is 36.4 Å². The van der Waals surface area contributed by atoms with E-state index in [9.17, 15) is 4.79 Å². The number of aromatic nitrogens is 5. The monoisotopic (exact) mass is 421 g/mol. The molecule has 3 N–H and O–H groups in total. The van der Waals surface area contributed by atoms with Crippen LogP contribution in [0.3, 0.4) is 0 Å². The highest BCUT2D eigenvalue weighted by atomic mass is 35.5. The predicted molar refractivity (Wildman–Crippen MR) is 116 cm³/mol. The van der Waals surface area contributed by atoms with E-state index in [0.717, 1.165) is 29.3 Å². The molecule has 0 spiro atoms. The van der Waals surface area contributed by atoms with Gasteiger partial charge in [-0.3, -0.25) is 9.89 Å². The Morgan fingerprint density at radius 1 is 1.20 bits per heavy atom. The molecule has 0 atom stereocenters. The number of aromatic amines is 1. The smallest absolute Gasteiger partial charge is 0.251 e. The van der Waals surface area contributed by atoms with Crippen LogP contribution in [0.15, 0.2) is 42.6 Å². The van der Waals surface area contributed by atoms with Gasteiger partial charge >= 0.3 is 0 Å². The van der Waals surface area contributed by atoms with Gasteiger partial charge in [-0.05, 0) is 44.0 Å². The molecule has 4 aromatic rings. The lowest BCUT2D eigenvalue weighted by Crippen LogP contribution is -2.34. The summed E-state index contributed by atoms with van der Waals surface area (Å²) in [5, 5.41) is 19.1. The van der Waals surface area contributed by atoms with Crippen LogP contribution in [0, 0.1) is 0 Å². The van der Waals surface area contributed by atoms with Gasteiger partial charge in [-0.15, -0.1) is 5.10 Å². The molecule has 0 unspecified atom stereocenters. The molecular weight excluding hydrogens is 402 g/mol. The van der Waals surface area contributed by atoms with Crippen molar-refractivity contribution >= 4 is 40.0 Å². The van der Waals surface area contributed by atoms with E-state index in [1.807, 2.05) is 24.3 Å². The third-order valence-electron chi connectivity index (χ3n) is 5.39. The second kappa shape index (κ2) is 6.84. The van der Waals surface area contributed by atoms with Crippen molar-refractivity contribution in [3.8, 4) is 11.4 Å². The first-order chi connectivity index (χ1) is 14.4. The standard InChI is InChI=1S/C21H20ClN7O/c1-21(9-10-21)26-19(30)13-5-3-12(4-6-13)18-25-20(29(2)28-18)24-16-8-7-15-14(17(16)22)11-23-27-15/h3-8,11H,9-10H2,1-2H3,(H,23,27)(H,26,30)(H,24,25,28). The van der Waals surface area contributed by atoms with E-state index in [1.165, 1.54) is 0 Å². The molecule has 9 heteroatoms. The molecule has 1 aliphatic rings. The predicted octanol–water partition coefficient (Wildman–Crippen LogP) is 4.04. The van der Waals surface area contributed by atoms with Crippen molar-refractivity contribution in [3.63, 3.8) is 0 Å². The van der Waals surface area contributed by atoms with E-state index in [0.29, 0.717) is 28.0 Å². The summed E-state index contributed by atoms with van der Waals surface area (Å²) in [6, 6.07) is 11.1. The summed E-state index contributed by atoms with van der Waals surface area (Å²) in [6.45, 7) is 2.06. The number of halogens is 1. The van der Waals surface area contributed by atoms with Gasteiger partial charge in [0.05, 0.1) is 22.4 Å². The number of nitrogens with zero attached hydrogens (tertiary/aromatic N) is 4. The maximum Gasteiger partial charge on any atom is 0.251 e. The molecule has 2 aromatic heterocycles.